The summed E-state index contributed by atoms with van der Waals surface area (Å²) in [4.78, 5) is 0. The fraction of sp³-hybridized carbons (Fsp3) is 0. The molecule has 0 saturated heterocycles. The van der Waals surface area contributed by atoms with E-state index < -0.39 is 0 Å². The van der Waals surface area contributed by atoms with Crippen molar-refractivity contribution in [3.8, 4) is 0 Å². The Hall–Kier alpha value is -0.650. The molecule has 11 heavy (non-hydrogen) atoms. The normalized spacial score (nSPS) is 9.64. The van der Waals surface area contributed by atoms with Crippen molar-refractivity contribution in [2.45, 2.75) is 0 Å². The van der Waals surface area contributed by atoms with E-state index in [1.54, 1.807) is 0 Å². The van der Waals surface area contributed by atoms with E-state index in [0.29, 0.717) is 15.0 Å². The summed E-state index contributed by atoms with van der Waals surface area (Å²) < 4.78 is 12.8. The zero-order chi connectivity index (χ0) is 8.43. The number of benzene rings is 1. The maximum absolute atomic E-state index is 12.5. The van der Waals surface area contributed by atoms with Crippen molar-refractivity contribution in [2.24, 2.45) is 0 Å². The summed E-state index contributed by atoms with van der Waals surface area (Å²) in [5.41, 5.74) is 6.32. The van der Waals surface area contributed by atoms with Crippen LogP contribution in [-0.2, 0) is 0 Å². The first-order chi connectivity index (χ1) is 5.11. The number of anilines is 1. The molecule has 0 bridgehead atoms. The van der Waals surface area contributed by atoms with Crippen molar-refractivity contribution in [1.82, 2.24) is 0 Å². The highest BCUT2D eigenvalue weighted by Crippen LogP contribution is 2.16. The van der Waals surface area contributed by atoms with Gasteiger partial charge in [-0.1, -0.05) is 0 Å². The molecule has 0 aliphatic carbocycles. The molecular formula is C7H6FIN2. The largest absolute Gasteiger partial charge is 0.398 e. The molecule has 0 radical (unpaired) electrons. The van der Waals surface area contributed by atoms with E-state index in [1.165, 1.54) is 18.2 Å². The smallest absolute Gasteiger partial charge is 0.125 e. The molecular weight excluding hydrogens is 258 g/mol. The van der Waals surface area contributed by atoms with E-state index in [9.17, 15) is 4.39 Å². The van der Waals surface area contributed by atoms with Crippen LogP contribution in [0.15, 0.2) is 18.2 Å². The zero-order valence-electron chi connectivity index (χ0n) is 5.57. The lowest BCUT2D eigenvalue weighted by Gasteiger charge is -2.00. The number of rotatable bonds is 1. The lowest BCUT2D eigenvalue weighted by atomic mass is 10.2. The predicted molar refractivity (Wildman–Crippen MR) is 51.7 cm³/mol. The van der Waals surface area contributed by atoms with Gasteiger partial charge in [0.25, 0.3) is 0 Å². The highest BCUT2D eigenvalue weighted by atomic mass is 127. The molecule has 0 fully saturated rings. The van der Waals surface area contributed by atoms with Crippen molar-refractivity contribution in [3.63, 3.8) is 0 Å². The Balaban J connectivity index is 3.20. The monoisotopic (exact) mass is 264 g/mol. The number of nitrogens with one attached hydrogen (secondary N) is 1. The summed E-state index contributed by atoms with van der Waals surface area (Å²) in [7, 11) is 0. The molecule has 1 aromatic carbocycles. The van der Waals surface area contributed by atoms with Gasteiger partial charge in [-0.05, 0) is 40.8 Å². The summed E-state index contributed by atoms with van der Waals surface area (Å²) in [6.45, 7) is 0. The number of nitrogens with two attached hydrogens (primary N) is 1. The summed E-state index contributed by atoms with van der Waals surface area (Å²) in [6.07, 6.45) is 0. The van der Waals surface area contributed by atoms with Crippen LogP contribution in [0.25, 0.3) is 0 Å². The maximum atomic E-state index is 12.5. The first-order valence-electron chi connectivity index (χ1n) is 2.90. The number of halogens is 2. The van der Waals surface area contributed by atoms with Gasteiger partial charge in [0.1, 0.15) is 9.54 Å². The fourth-order valence-corrected chi connectivity index (χ4v) is 1.22. The molecule has 2 nitrogen and oxygen atoms in total. The Kier molecular flexibility index (Phi) is 2.43. The van der Waals surface area contributed by atoms with Gasteiger partial charge in [0.05, 0.1) is 0 Å². The minimum Gasteiger partial charge on any atom is -0.398 e. The fourth-order valence-electron chi connectivity index (χ4n) is 0.733. The Labute approximate surface area is 77.2 Å². The minimum atomic E-state index is -0.371. The average molecular weight is 264 g/mol. The molecule has 0 aliphatic rings. The van der Waals surface area contributed by atoms with Crippen LogP contribution < -0.4 is 5.73 Å². The van der Waals surface area contributed by atoms with E-state index in [4.69, 9.17) is 11.1 Å². The maximum Gasteiger partial charge on any atom is 0.125 e. The first-order valence-corrected chi connectivity index (χ1v) is 3.98. The van der Waals surface area contributed by atoms with E-state index in [0.717, 1.165) is 0 Å². The number of nitrogen functional groups attached to an aromatic ring is 1. The van der Waals surface area contributed by atoms with Crippen LogP contribution in [0.1, 0.15) is 5.56 Å². The molecule has 0 saturated carbocycles. The van der Waals surface area contributed by atoms with Gasteiger partial charge in [0.15, 0.2) is 0 Å². The quantitative estimate of drug-likeness (QED) is 0.456. The van der Waals surface area contributed by atoms with Crippen molar-refractivity contribution in [3.05, 3.63) is 29.6 Å². The van der Waals surface area contributed by atoms with E-state index in [1.807, 2.05) is 22.6 Å². The average Bonchev–Trinajstić information content (AvgIpc) is 1.85. The molecule has 0 aromatic heterocycles. The van der Waals surface area contributed by atoms with Crippen molar-refractivity contribution in [1.29, 1.82) is 5.41 Å². The van der Waals surface area contributed by atoms with Crippen LogP contribution in [-0.4, -0.2) is 3.72 Å². The highest BCUT2D eigenvalue weighted by molar-refractivity contribution is 14.1. The molecule has 0 heterocycles. The SMILES string of the molecule is N=C(I)c1ccc(F)cc1N. The van der Waals surface area contributed by atoms with Crippen LogP contribution in [0, 0.1) is 11.2 Å². The molecule has 1 rings (SSSR count). The second kappa shape index (κ2) is 3.17. The first kappa shape index (κ1) is 8.45. The van der Waals surface area contributed by atoms with Crippen LogP contribution in [0.2, 0.25) is 0 Å². The summed E-state index contributed by atoms with van der Waals surface area (Å²) in [5.74, 6) is -0.371. The van der Waals surface area contributed by atoms with Gasteiger partial charge in [-0.3, -0.25) is 5.41 Å². The molecule has 3 N–H and O–H groups in total. The van der Waals surface area contributed by atoms with Crippen molar-refractivity contribution < 1.29 is 4.39 Å². The Morgan fingerprint density at radius 2 is 2.18 bits per heavy atom. The van der Waals surface area contributed by atoms with Crippen molar-refractivity contribution in [2.75, 3.05) is 5.73 Å². The molecule has 0 atom stereocenters. The van der Waals surface area contributed by atoms with Gasteiger partial charge in [-0.15, -0.1) is 0 Å². The predicted octanol–water partition coefficient (Wildman–Crippen LogP) is 2.17. The Morgan fingerprint density at radius 3 is 2.64 bits per heavy atom. The van der Waals surface area contributed by atoms with E-state index in [-0.39, 0.29) is 5.82 Å². The van der Waals surface area contributed by atoms with Gasteiger partial charge in [-0.25, -0.2) is 4.39 Å². The zero-order valence-corrected chi connectivity index (χ0v) is 7.72. The topological polar surface area (TPSA) is 49.9 Å². The molecule has 4 heteroatoms. The van der Waals surface area contributed by atoms with Gasteiger partial charge in [0.2, 0.25) is 0 Å². The summed E-state index contributed by atoms with van der Waals surface area (Å²) in [5, 5.41) is 7.23. The number of hydrogen-bond acceptors (Lipinski definition) is 2. The molecule has 58 valence electrons. The third-order valence-electron chi connectivity index (χ3n) is 1.25. The van der Waals surface area contributed by atoms with Gasteiger partial charge >= 0.3 is 0 Å². The molecule has 0 aliphatic heterocycles. The summed E-state index contributed by atoms with van der Waals surface area (Å²) >= 11 is 1.83. The second-order valence-corrected chi connectivity index (χ2v) is 3.12. The molecule has 0 spiro atoms. The number of hydrogen-bond donors (Lipinski definition) is 2. The third-order valence-corrected chi connectivity index (χ3v) is 1.83. The van der Waals surface area contributed by atoms with Crippen molar-refractivity contribution >= 4 is 32.0 Å². The molecule has 0 unspecified atom stereocenters. The third kappa shape index (κ3) is 1.89. The van der Waals surface area contributed by atoms with E-state index >= 15 is 0 Å². The standard InChI is InChI=1S/C7H6FIN2/c8-4-1-2-5(7(9)11)6(10)3-4/h1-3,11H,10H2. The second-order valence-electron chi connectivity index (χ2n) is 2.05. The minimum absolute atomic E-state index is 0.310. The van der Waals surface area contributed by atoms with Gasteiger partial charge in [0, 0.05) is 11.3 Å². The van der Waals surface area contributed by atoms with Gasteiger partial charge < -0.3 is 5.73 Å². The molecule has 1 aromatic rings. The van der Waals surface area contributed by atoms with Crippen LogP contribution in [0.5, 0.6) is 0 Å². The Bertz CT molecular complexity index is 298. The Morgan fingerprint density at radius 1 is 1.55 bits per heavy atom. The van der Waals surface area contributed by atoms with E-state index in [2.05, 4.69) is 0 Å². The lowest BCUT2D eigenvalue weighted by molar-refractivity contribution is 0.628. The van der Waals surface area contributed by atoms with Gasteiger partial charge in [-0.2, -0.15) is 0 Å². The van der Waals surface area contributed by atoms with Crippen LogP contribution in [0.4, 0.5) is 10.1 Å². The van der Waals surface area contributed by atoms with Crippen LogP contribution >= 0.6 is 22.6 Å². The lowest BCUT2D eigenvalue weighted by Crippen LogP contribution is -1.97. The molecule has 0 amide bonds. The summed E-state index contributed by atoms with van der Waals surface area (Å²) in [6, 6.07) is 4.00. The van der Waals surface area contributed by atoms with Crippen LogP contribution in [0.3, 0.4) is 0 Å². The highest BCUT2D eigenvalue weighted by Gasteiger charge is 2.02.